The number of aliphatic hydroxyl groups is 1. The van der Waals surface area contributed by atoms with Crippen LogP contribution in [0.4, 0.5) is 0 Å². The largest absolute Gasteiger partial charge is 0.391 e. The first-order valence-electron chi connectivity index (χ1n) is 6.99. The van der Waals surface area contributed by atoms with Crippen LogP contribution in [0.2, 0.25) is 0 Å². The monoisotopic (exact) mass is 239 g/mol. The molecule has 0 amide bonds. The lowest BCUT2D eigenvalue weighted by atomic mass is 9.71. The van der Waals surface area contributed by atoms with E-state index in [-0.39, 0.29) is 11.6 Å². The SMILES string of the molecule is C=CCCCC(O)C1(N(C)C)CCCC(C)C1. The number of hydrogen-bond acceptors (Lipinski definition) is 2. The number of hydrogen-bond donors (Lipinski definition) is 1. The molecule has 100 valence electrons. The molecule has 1 N–H and O–H groups in total. The third kappa shape index (κ3) is 3.56. The van der Waals surface area contributed by atoms with Gasteiger partial charge in [0.05, 0.1) is 6.10 Å². The highest BCUT2D eigenvalue weighted by Gasteiger charge is 2.42. The van der Waals surface area contributed by atoms with Crippen LogP contribution in [0.3, 0.4) is 0 Å². The molecule has 0 radical (unpaired) electrons. The minimum atomic E-state index is -0.194. The molecule has 0 spiro atoms. The third-order valence-electron chi connectivity index (χ3n) is 4.41. The van der Waals surface area contributed by atoms with Crippen LogP contribution in [0.15, 0.2) is 12.7 Å². The molecule has 17 heavy (non-hydrogen) atoms. The van der Waals surface area contributed by atoms with Gasteiger partial charge >= 0.3 is 0 Å². The molecule has 0 heterocycles. The topological polar surface area (TPSA) is 23.5 Å². The standard InChI is InChI=1S/C15H29NO/c1-5-6-7-10-14(17)15(16(3)4)11-8-9-13(2)12-15/h5,13-14,17H,1,6-12H2,2-4H3. The Kier molecular flexibility index (Phi) is 5.68. The Bertz CT molecular complexity index is 239. The van der Waals surface area contributed by atoms with Gasteiger partial charge in [-0.3, -0.25) is 0 Å². The van der Waals surface area contributed by atoms with Gasteiger partial charge in [-0.2, -0.15) is 0 Å². The zero-order valence-corrected chi connectivity index (χ0v) is 11.8. The summed E-state index contributed by atoms with van der Waals surface area (Å²) < 4.78 is 0. The molecule has 0 saturated heterocycles. The van der Waals surface area contributed by atoms with Gasteiger partial charge in [0.25, 0.3) is 0 Å². The first-order valence-corrected chi connectivity index (χ1v) is 6.99. The van der Waals surface area contributed by atoms with Crippen LogP contribution in [-0.4, -0.2) is 35.7 Å². The molecule has 0 bridgehead atoms. The van der Waals surface area contributed by atoms with Crippen molar-refractivity contribution in [3.8, 4) is 0 Å². The van der Waals surface area contributed by atoms with Crippen molar-refractivity contribution in [1.82, 2.24) is 4.90 Å². The summed E-state index contributed by atoms with van der Waals surface area (Å²) in [6.07, 6.45) is 9.54. The van der Waals surface area contributed by atoms with Gasteiger partial charge < -0.3 is 10.0 Å². The fraction of sp³-hybridized carbons (Fsp3) is 0.867. The van der Waals surface area contributed by atoms with Gasteiger partial charge in [-0.05, 0) is 52.1 Å². The summed E-state index contributed by atoms with van der Waals surface area (Å²) in [7, 11) is 4.24. The zero-order chi connectivity index (χ0) is 12.9. The normalized spacial score (nSPS) is 31.5. The molecule has 2 heteroatoms. The predicted octanol–water partition coefficient (Wildman–Crippen LogP) is 3.21. The van der Waals surface area contributed by atoms with E-state index in [9.17, 15) is 5.11 Å². The number of nitrogens with zero attached hydrogens (tertiary/aromatic N) is 1. The maximum atomic E-state index is 10.6. The van der Waals surface area contributed by atoms with Crippen LogP contribution in [0.25, 0.3) is 0 Å². The fourth-order valence-electron chi connectivity index (χ4n) is 3.30. The first kappa shape index (κ1) is 14.7. The Morgan fingerprint density at radius 2 is 2.24 bits per heavy atom. The Morgan fingerprint density at radius 1 is 1.53 bits per heavy atom. The van der Waals surface area contributed by atoms with Gasteiger partial charge in [0.2, 0.25) is 0 Å². The Balaban J connectivity index is 2.65. The average molecular weight is 239 g/mol. The summed E-state index contributed by atoms with van der Waals surface area (Å²) in [5.74, 6) is 0.736. The maximum absolute atomic E-state index is 10.6. The summed E-state index contributed by atoms with van der Waals surface area (Å²) in [6, 6.07) is 0. The first-order chi connectivity index (χ1) is 8.03. The van der Waals surface area contributed by atoms with E-state index >= 15 is 0 Å². The third-order valence-corrected chi connectivity index (χ3v) is 4.41. The van der Waals surface area contributed by atoms with Gasteiger partial charge in [0.1, 0.15) is 0 Å². The summed E-state index contributed by atoms with van der Waals surface area (Å²) in [6.45, 7) is 6.06. The van der Waals surface area contributed by atoms with E-state index in [2.05, 4.69) is 32.5 Å². The summed E-state index contributed by atoms with van der Waals surface area (Å²) in [5.41, 5.74) is 0.0127. The second kappa shape index (κ2) is 6.55. The molecule has 0 aromatic heterocycles. The molecule has 1 aliphatic carbocycles. The molecule has 1 rings (SSSR count). The molecular weight excluding hydrogens is 210 g/mol. The van der Waals surface area contributed by atoms with Crippen molar-refractivity contribution in [1.29, 1.82) is 0 Å². The highest BCUT2D eigenvalue weighted by molar-refractivity contribution is 4.98. The van der Waals surface area contributed by atoms with Gasteiger partial charge in [-0.25, -0.2) is 0 Å². The number of likely N-dealkylation sites (N-methyl/N-ethyl adjacent to an activating group) is 1. The number of unbranched alkanes of at least 4 members (excludes halogenated alkanes) is 1. The van der Waals surface area contributed by atoms with Gasteiger partial charge in [-0.1, -0.05) is 25.8 Å². The lowest BCUT2D eigenvalue weighted by molar-refractivity contribution is -0.0472. The Labute approximate surface area is 107 Å². The zero-order valence-electron chi connectivity index (χ0n) is 11.8. The lowest BCUT2D eigenvalue weighted by Gasteiger charge is -2.48. The molecule has 1 aliphatic rings. The molecule has 0 aromatic rings. The van der Waals surface area contributed by atoms with E-state index in [1.165, 1.54) is 12.8 Å². The predicted molar refractivity (Wildman–Crippen MR) is 74.1 cm³/mol. The van der Waals surface area contributed by atoms with Gasteiger partial charge in [-0.15, -0.1) is 6.58 Å². The number of allylic oxidation sites excluding steroid dienone is 1. The van der Waals surface area contributed by atoms with Gasteiger partial charge in [0, 0.05) is 5.54 Å². The van der Waals surface area contributed by atoms with Crippen LogP contribution >= 0.6 is 0 Å². The van der Waals surface area contributed by atoms with Crippen LogP contribution < -0.4 is 0 Å². The van der Waals surface area contributed by atoms with E-state index in [1.54, 1.807) is 0 Å². The minimum Gasteiger partial charge on any atom is -0.391 e. The smallest absolute Gasteiger partial charge is 0.0723 e. The van der Waals surface area contributed by atoms with Crippen molar-refractivity contribution < 1.29 is 5.11 Å². The van der Waals surface area contributed by atoms with Crippen molar-refractivity contribution >= 4 is 0 Å². The van der Waals surface area contributed by atoms with Crippen molar-refractivity contribution in [3.05, 3.63) is 12.7 Å². The van der Waals surface area contributed by atoms with E-state index in [0.29, 0.717) is 0 Å². The number of aliphatic hydroxyl groups excluding tert-OH is 1. The van der Waals surface area contributed by atoms with Crippen molar-refractivity contribution in [3.63, 3.8) is 0 Å². The van der Waals surface area contributed by atoms with Crippen LogP contribution in [-0.2, 0) is 0 Å². The number of rotatable bonds is 6. The molecular formula is C15H29NO. The fourth-order valence-corrected chi connectivity index (χ4v) is 3.30. The van der Waals surface area contributed by atoms with E-state index < -0.39 is 0 Å². The molecule has 3 atom stereocenters. The van der Waals surface area contributed by atoms with E-state index in [4.69, 9.17) is 0 Å². The maximum Gasteiger partial charge on any atom is 0.0723 e. The second-order valence-electron chi connectivity index (χ2n) is 5.93. The van der Waals surface area contributed by atoms with Crippen LogP contribution in [0, 0.1) is 5.92 Å². The van der Waals surface area contributed by atoms with Gasteiger partial charge in [0.15, 0.2) is 0 Å². The molecule has 0 aliphatic heterocycles. The summed E-state index contributed by atoms with van der Waals surface area (Å²) >= 11 is 0. The molecule has 0 aromatic carbocycles. The molecule has 2 nitrogen and oxygen atoms in total. The molecule has 1 fully saturated rings. The second-order valence-corrected chi connectivity index (χ2v) is 5.93. The van der Waals surface area contributed by atoms with Crippen molar-refractivity contribution in [2.75, 3.05) is 14.1 Å². The van der Waals surface area contributed by atoms with E-state index in [0.717, 1.165) is 38.0 Å². The van der Waals surface area contributed by atoms with Crippen molar-refractivity contribution in [2.24, 2.45) is 5.92 Å². The Hall–Kier alpha value is -0.340. The average Bonchev–Trinajstić information content (AvgIpc) is 2.28. The summed E-state index contributed by atoms with van der Waals surface area (Å²) in [4.78, 5) is 2.27. The lowest BCUT2D eigenvalue weighted by Crippen LogP contribution is -2.56. The highest BCUT2D eigenvalue weighted by atomic mass is 16.3. The van der Waals surface area contributed by atoms with Crippen LogP contribution in [0.5, 0.6) is 0 Å². The van der Waals surface area contributed by atoms with E-state index in [1.807, 2.05) is 6.08 Å². The summed E-state index contributed by atoms with van der Waals surface area (Å²) in [5, 5.41) is 10.6. The molecule has 3 unspecified atom stereocenters. The van der Waals surface area contributed by atoms with Crippen molar-refractivity contribution in [2.45, 2.75) is 63.5 Å². The van der Waals surface area contributed by atoms with Crippen LogP contribution in [0.1, 0.15) is 51.9 Å². The molecule has 1 saturated carbocycles. The Morgan fingerprint density at radius 3 is 2.76 bits per heavy atom. The highest BCUT2D eigenvalue weighted by Crippen LogP contribution is 2.39. The minimum absolute atomic E-state index is 0.0127. The quantitative estimate of drug-likeness (QED) is 0.568.